The van der Waals surface area contributed by atoms with E-state index in [0.717, 1.165) is 0 Å². The van der Waals surface area contributed by atoms with Crippen LogP contribution >= 0.6 is 0 Å². The Bertz CT molecular complexity index is 958. The molecule has 0 aromatic rings. The molecule has 0 bridgehead atoms. The van der Waals surface area contributed by atoms with E-state index < -0.39 is 63.4 Å². The standard InChI is InChI=1S/C4H6F4O3S.C2H4F3NO4S2.CH4O3S.K.3Na/c1-3(5,6)2-4(7,8)12(9,10)11;1-11(7,8)6-12(9,10)2(3,4)5;1-5(2,3)4;;;;/h2H2,1H3,(H,9,10,11);6H,1H3;1H3,(H,2,3,4);;;;/q;;;4*+1/p-2. The van der Waals surface area contributed by atoms with Crippen LogP contribution in [-0.4, -0.2) is 72.0 Å². The first-order valence-electron chi connectivity index (χ1n) is 5.83. The molecule has 180 valence electrons. The molecule has 0 aromatic carbocycles. The van der Waals surface area contributed by atoms with E-state index in [1.807, 2.05) is 0 Å². The van der Waals surface area contributed by atoms with Gasteiger partial charge in [0, 0.05) is 6.26 Å². The molecule has 0 spiro atoms. The molecule has 26 heteroatoms. The number of hydrogen-bond acceptors (Lipinski definition) is 10. The Morgan fingerprint density at radius 2 is 0.970 bits per heavy atom. The second-order valence-electron chi connectivity index (χ2n) is 4.85. The Hall–Kier alpha value is 3.83. The summed E-state index contributed by atoms with van der Waals surface area (Å²) in [5.41, 5.74) is -5.62. The van der Waals surface area contributed by atoms with Gasteiger partial charge in [0.05, 0.1) is 22.8 Å². The minimum Gasteiger partial charge on any atom is -0.748 e. The average Bonchev–Trinajstić information content (AvgIpc) is 2.15. The molecule has 11 nitrogen and oxygen atoms in total. The average molecular weight is 639 g/mol. The van der Waals surface area contributed by atoms with E-state index in [-0.39, 0.29) is 147 Å². The third-order valence-electron chi connectivity index (χ3n) is 1.45. The molecule has 0 amide bonds. The third kappa shape index (κ3) is 35.8. The molecule has 0 heterocycles. The van der Waals surface area contributed by atoms with E-state index >= 15 is 0 Å². The molecule has 1 N–H and O–H groups in total. The van der Waals surface area contributed by atoms with Gasteiger partial charge in [0.15, 0.2) is 10.1 Å². The molecule has 0 radical (unpaired) electrons. The fraction of sp³-hybridized carbons (Fsp3) is 1.00. The summed E-state index contributed by atoms with van der Waals surface area (Å²) in [5, 5.41) is -4.91. The zero-order valence-corrected chi connectivity index (χ0v) is 30.5. The van der Waals surface area contributed by atoms with Crippen LogP contribution in [0.2, 0.25) is 0 Å². The largest absolute Gasteiger partial charge is 1.00 e. The summed E-state index contributed by atoms with van der Waals surface area (Å²) in [6, 6.07) is 0. The molecule has 0 unspecified atom stereocenters. The fourth-order valence-electron chi connectivity index (χ4n) is 0.696. The van der Waals surface area contributed by atoms with Crippen LogP contribution in [0.1, 0.15) is 13.3 Å². The topological polar surface area (TPSA) is 195 Å². The molecule has 33 heavy (non-hydrogen) atoms. The predicted octanol–water partition coefficient (Wildman–Crippen LogP) is -12.3. The van der Waals surface area contributed by atoms with Gasteiger partial charge in [0.25, 0.3) is 5.92 Å². The summed E-state index contributed by atoms with van der Waals surface area (Å²) in [5.74, 6) is -3.89. The number of halogens is 7. The number of rotatable bonds is 5. The Morgan fingerprint density at radius 1 is 0.727 bits per heavy atom. The molecule has 0 atom stereocenters. The SMILES string of the molecule is CC(F)(F)CC(F)(F)S(=O)(=O)[O-].CS(=O)(=O)NS(=O)(=O)C(F)(F)F.CS(=O)(=O)[O-].[K+].[Na+].[Na+].[Na+]. The monoisotopic (exact) mass is 639 g/mol. The Morgan fingerprint density at radius 3 is 1.03 bits per heavy atom. The van der Waals surface area contributed by atoms with Crippen molar-refractivity contribution >= 4 is 40.3 Å². The molecule has 0 aliphatic carbocycles. The second-order valence-corrected chi connectivity index (χ2v) is 11.4. The molecule has 0 aliphatic rings. The Kier molecular flexibility index (Phi) is 30.6. The maximum Gasteiger partial charge on any atom is 1.00 e. The van der Waals surface area contributed by atoms with Crippen LogP contribution in [0.25, 0.3) is 0 Å². The normalized spacial score (nSPS) is 12.5. The maximum atomic E-state index is 12.0. The van der Waals surface area contributed by atoms with Crippen molar-refractivity contribution in [3.8, 4) is 0 Å². The van der Waals surface area contributed by atoms with Crippen LogP contribution in [0.15, 0.2) is 0 Å². The van der Waals surface area contributed by atoms with Crippen LogP contribution in [0.4, 0.5) is 30.7 Å². The van der Waals surface area contributed by atoms with Crippen molar-refractivity contribution in [2.45, 2.75) is 30.0 Å². The van der Waals surface area contributed by atoms with E-state index in [4.69, 9.17) is 13.0 Å². The first-order chi connectivity index (χ1) is 11.9. The van der Waals surface area contributed by atoms with E-state index in [1.54, 1.807) is 0 Å². The quantitative estimate of drug-likeness (QED) is 0.172. The van der Waals surface area contributed by atoms with E-state index in [0.29, 0.717) is 16.6 Å². The van der Waals surface area contributed by atoms with Gasteiger partial charge >= 0.3 is 161 Å². The van der Waals surface area contributed by atoms with E-state index in [2.05, 4.69) is 0 Å². The minimum absolute atomic E-state index is 0. The van der Waals surface area contributed by atoms with Crippen molar-refractivity contribution in [1.82, 2.24) is 4.13 Å². The van der Waals surface area contributed by atoms with E-state index in [1.165, 1.54) is 0 Å². The van der Waals surface area contributed by atoms with Crippen molar-refractivity contribution in [2.24, 2.45) is 0 Å². The maximum absolute atomic E-state index is 12.0. The summed E-state index contributed by atoms with van der Waals surface area (Å²) in [6.45, 7) is 0.103. The predicted molar refractivity (Wildman–Crippen MR) is 78.5 cm³/mol. The number of nitrogens with one attached hydrogen (secondary N) is 1. The van der Waals surface area contributed by atoms with Gasteiger partial charge in [-0.25, -0.2) is 42.5 Å². The fourth-order valence-corrected chi connectivity index (χ4v) is 3.10. The van der Waals surface area contributed by atoms with Gasteiger partial charge < -0.3 is 9.11 Å². The van der Waals surface area contributed by atoms with E-state index in [9.17, 15) is 60.5 Å². The molecule has 0 aliphatic heterocycles. The summed E-state index contributed by atoms with van der Waals surface area (Å²) in [4.78, 5) is 0. The van der Waals surface area contributed by atoms with Gasteiger partial charge in [0.1, 0.15) is 0 Å². The van der Waals surface area contributed by atoms with Gasteiger partial charge in [0.2, 0.25) is 10.0 Å². The molecular formula is C7H12F7KNNa3O10S4+2. The van der Waals surface area contributed by atoms with Crippen molar-refractivity contribution in [3.05, 3.63) is 0 Å². The smallest absolute Gasteiger partial charge is 0.748 e. The van der Waals surface area contributed by atoms with Crippen molar-refractivity contribution in [3.63, 3.8) is 0 Å². The summed E-state index contributed by atoms with van der Waals surface area (Å²) >= 11 is 0. The molecule has 0 fully saturated rings. The van der Waals surface area contributed by atoms with Crippen LogP contribution in [0.3, 0.4) is 0 Å². The van der Waals surface area contributed by atoms with Crippen molar-refractivity contribution < 1.29 is 214 Å². The van der Waals surface area contributed by atoms with Gasteiger partial charge in [-0.2, -0.15) is 22.0 Å². The summed E-state index contributed by atoms with van der Waals surface area (Å²) in [7, 11) is -20.1. The zero-order valence-electron chi connectivity index (χ0n) is 18.1. The van der Waals surface area contributed by atoms with Gasteiger partial charge in [-0.15, -0.1) is 4.13 Å². The Labute approximate surface area is 295 Å². The van der Waals surface area contributed by atoms with Crippen molar-refractivity contribution in [2.75, 3.05) is 12.5 Å². The van der Waals surface area contributed by atoms with Gasteiger partial charge in [-0.1, -0.05) is 0 Å². The molecule has 0 rings (SSSR count). The molecule has 0 saturated carbocycles. The molecular weight excluding hydrogens is 627 g/mol. The van der Waals surface area contributed by atoms with Gasteiger partial charge in [-0.05, 0) is 6.92 Å². The number of hydrogen-bond donors (Lipinski definition) is 1. The zero-order chi connectivity index (χ0) is 24.9. The summed E-state index contributed by atoms with van der Waals surface area (Å²) < 4.78 is 179. The van der Waals surface area contributed by atoms with Crippen LogP contribution in [0.5, 0.6) is 0 Å². The first kappa shape index (κ1) is 53.1. The minimum atomic E-state index is -6.00. The molecule has 0 saturated heterocycles. The summed E-state index contributed by atoms with van der Waals surface area (Å²) in [6.07, 6.45) is -1.38. The molecule has 0 aromatic heterocycles. The Balaban J connectivity index is -0.0000000619. The second kappa shape index (κ2) is 19.0. The van der Waals surface area contributed by atoms with Crippen molar-refractivity contribution in [1.29, 1.82) is 0 Å². The third-order valence-corrected chi connectivity index (χ3v) is 5.02. The van der Waals surface area contributed by atoms with Crippen LogP contribution in [0, 0.1) is 0 Å². The first-order valence-corrected chi connectivity index (χ1v) is 12.4. The van der Waals surface area contributed by atoms with Gasteiger partial charge in [-0.3, -0.25) is 0 Å². The van der Waals surface area contributed by atoms with Crippen LogP contribution < -0.4 is 144 Å². The number of alkyl halides is 7. The van der Waals surface area contributed by atoms with Crippen LogP contribution in [-0.2, 0) is 40.3 Å². The number of sulfonamides is 2.